The van der Waals surface area contributed by atoms with E-state index in [1.54, 1.807) is 0 Å². The summed E-state index contributed by atoms with van der Waals surface area (Å²) in [6, 6.07) is 5.43. The predicted octanol–water partition coefficient (Wildman–Crippen LogP) is 0.347. The minimum Gasteiger partial charge on any atom is -0.378 e. The number of ether oxygens (including phenoxy) is 1. The fourth-order valence-electron chi connectivity index (χ4n) is 2.22. The van der Waals surface area contributed by atoms with Crippen LogP contribution in [0.2, 0.25) is 0 Å². The molecule has 1 aromatic carbocycles. The Labute approximate surface area is 124 Å². The molecule has 1 aliphatic heterocycles. The van der Waals surface area contributed by atoms with Gasteiger partial charge in [-0.15, -0.1) is 0 Å². The molecular formula is C15H21N3O3. The highest BCUT2D eigenvalue weighted by atomic mass is 16.5. The van der Waals surface area contributed by atoms with E-state index in [1.807, 2.05) is 32.0 Å². The zero-order valence-electron chi connectivity index (χ0n) is 12.4. The number of hydrogen-bond acceptors (Lipinski definition) is 4. The van der Waals surface area contributed by atoms with Crippen LogP contribution in [-0.4, -0.2) is 44.2 Å². The number of carbonyl (C=O) groups is 2. The first-order chi connectivity index (χ1) is 10.1. The number of rotatable bonds is 4. The molecule has 1 unspecified atom stereocenters. The Hall–Kier alpha value is -1.92. The fourth-order valence-corrected chi connectivity index (χ4v) is 2.22. The summed E-state index contributed by atoms with van der Waals surface area (Å²) >= 11 is 0. The summed E-state index contributed by atoms with van der Waals surface area (Å²) in [6.07, 6.45) is 0. The molecule has 0 spiro atoms. The van der Waals surface area contributed by atoms with Crippen molar-refractivity contribution in [3.63, 3.8) is 0 Å². The van der Waals surface area contributed by atoms with Gasteiger partial charge < -0.3 is 20.7 Å². The summed E-state index contributed by atoms with van der Waals surface area (Å²) < 4.78 is 5.21. The van der Waals surface area contributed by atoms with Crippen molar-refractivity contribution in [3.05, 3.63) is 29.3 Å². The molecular weight excluding hydrogens is 270 g/mol. The average Bonchev–Trinajstić information content (AvgIpc) is 2.49. The molecule has 1 aliphatic rings. The molecule has 0 aliphatic carbocycles. The lowest BCUT2D eigenvalue weighted by Crippen LogP contribution is -2.52. The summed E-state index contributed by atoms with van der Waals surface area (Å²) in [6.45, 7) is 5.41. The molecule has 0 radical (unpaired) electrons. The fraction of sp³-hybridized carbons (Fsp3) is 0.467. The second-order valence-corrected chi connectivity index (χ2v) is 5.11. The summed E-state index contributed by atoms with van der Waals surface area (Å²) in [7, 11) is 0. The second kappa shape index (κ2) is 7.19. The number of nitrogens with one attached hydrogen (secondary N) is 3. The maximum atomic E-state index is 11.9. The zero-order chi connectivity index (χ0) is 15.2. The van der Waals surface area contributed by atoms with E-state index < -0.39 is 0 Å². The molecule has 0 bridgehead atoms. The van der Waals surface area contributed by atoms with Crippen LogP contribution in [0.5, 0.6) is 0 Å². The molecule has 1 atom stereocenters. The van der Waals surface area contributed by atoms with Crippen LogP contribution in [-0.2, 0) is 14.3 Å². The van der Waals surface area contributed by atoms with E-state index in [0.717, 1.165) is 16.8 Å². The van der Waals surface area contributed by atoms with Gasteiger partial charge in [0.15, 0.2) is 0 Å². The van der Waals surface area contributed by atoms with Gasteiger partial charge in [-0.1, -0.05) is 18.2 Å². The van der Waals surface area contributed by atoms with E-state index in [0.29, 0.717) is 19.8 Å². The minimum absolute atomic E-state index is 0.0508. The Balaban J connectivity index is 1.83. The summed E-state index contributed by atoms with van der Waals surface area (Å²) in [5.74, 6) is -0.455. The van der Waals surface area contributed by atoms with E-state index in [1.165, 1.54) is 0 Å². The molecule has 1 saturated heterocycles. The van der Waals surface area contributed by atoms with E-state index in [4.69, 9.17) is 4.74 Å². The van der Waals surface area contributed by atoms with Gasteiger partial charge in [0, 0.05) is 12.2 Å². The topological polar surface area (TPSA) is 79.5 Å². The van der Waals surface area contributed by atoms with E-state index in [2.05, 4.69) is 16.0 Å². The standard InChI is InChI=1S/C15H21N3O3/c1-10-4-3-5-11(2)14(10)18-13(19)8-17-15(20)12-9-21-7-6-16-12/h3-5,12,16H,6-9H2,1-2H3,(H,17,20)(H,18,19). The number of benzene rings is 1. The van der Waals surface area contributed by atoms with Gasteiger partial charge in [0.05, 0.1) is 19.8 Å². The largest absolute Gasteiger partial charge is 0.378 e. The Morgan fingerprint density at radius 3 is 2.67 bits per heavy atom. The van der Waals surface area contributed by atoms with Gasteiger partial charge >= 0.3 is 0 Å². The highest BCUT2D eigenvalue weighted by Crippen LogP contribution is 2.18. The first kappa shape index (κ1) is 15.5. The van der Waals surface area contributed by atoms with Crippen molar-refractivity contribution in [2.45, 2.75) is 19.9 Å². The van der Waals surface area contributed by atoms with Gasteiger partial charge in [-0.05, 0) is 25.0 Å². The molecule has 114 valence electrons. The number of hydrogen-bond donors (Lipinski definition) is 3. The molecule has 0 aromatic heterocycles. The van der Waals surface area contributed by atoms with Gasteiger partial charge in [0.1, 0.15) is 6.04 Å². The second-order valence-electron chi connectivity index (χ2n) is 5.11. The van der Waals surface area contributed by atoms with Gasteiger partial charge in [-0.25, -0.2) is 0 Å². The maximum Gasteiger partial charge on any atom is 0.243 e. The third-order valence-electron chi connectivity index (χ3n) is 3.41. The number of carbonyl (C=O) groups excluding carboxylic acids is 2. The molecule has 0 saturated carbocycles. The maximum absolute atomic E-state index is 11.9. The van der Waals surface area contributed by atoms with Crippen molar-refractivity contribution in [3.8, 4) is 0 Å². The van der Waals surface area contributed by atoms with Crippen molar-refractivity contribution in [1.82, 2.24) is 10.6 Å². The van der Waals surface area contributed by atoms with Crippen LogP contribution < -0.4 is 16.0 Å². The van der Waals surface area contributed by atoms with E-state index in [-0.39, 0.29) is 24.4 Å². The molecule has 21 heavy (non-hydrogen) atoms. The summed E-state index contributed by atoms with van der Waals surface area (Å²) in [5.41, 5.74) is 2.80. The lowest BCUT2D eigenvalue weighted by atomic mass is 10.1. The normalized spacial score (nSPS) is 18.1. The molecule has 2 amide bonds. The number of morpholine rings is 1. The van der Waals surface area contributed by atoms with Crippen LogP contribution in [0.25, 0.3) is 0 Å². The van der Waals surface area contributed by atoms with Crippen molar-refractivity contribution < 1.29 is 14.3 Å². The molecule has 6 heteroatoms. The third-order valence-corrected chi connectivity index (χ3v) is 3.41. The smallest absolute Gasteiger partial charge is 0.243 e. The Bertz CT molecular complexity index is 505. The first-order valence-corrected chi connectivity index (χ1v) is 7.03. The highest BCUT2D eigenvalue weighted by molar-refractivity contribution is 5.96. The van der Waals surface area contributed by atoms with Crippen LogP contribution in [0.3, 0.4) is 0 Å². The van der Waals surface area contributed by atoms with Crippen molar-refractivity contribution in [2.24, 2.45) is 0 Å². The summed E-state index contributed by atoms with van der Waals surface area (Å²) in [5, 5.41) is 8.49. The average molecular weight is 291 g/mol. The summed E-state index contributed by atoms with van der Waals surface area (Å²) in [4.78, 5) is 23.8. The number of para-hydroxylation sites is 1. The Morgan fingerprint density at radius 1 is 1.33 bits per heavy atom. The Kier molecular flexibility index (Phi) is 5.30. The quantitative estimate of drug-likeness (QED) is 0.748. The van der Waals surface area contributed by atoms with Crippen LogP contribution in [0.1, 0.15) is 11.1 Å². The molecule has 3 N–H and O–H groups in total. The van der Waals surface area contributed by atoms with Gasteiger partial charge in [0.25, 0.3) is 0 Å². The van der Waals surface area contributed by atoms with E-state index in [9.17, 15) is 9.59 Å². The van der Waals surface area contributed by atoms with Gasteiger partial charge in [-0.2, -0.15) is 0 Å². The van der Waals surface area contributed by atoms with Crippen LogP contribution in [0, 0.1) is 13.8 Å². The van der Waals surface area contributed by atoms with Crippen molar-refractivity contribution in [1.29, 1.82) is 0 Å². The molecule has 1 heterocycles. The van der Waals surface area contributed by atoms with Crippen LogP contribution >= 0.6 is 0 Å². The SMILES string of the molecule is Cc1cccc(C)c1NC(=O)CNC(=O)C1COCCN1. The van der Waals surface area contributed by atoms with Crippen LogP contribution in [0.15, 0.2) is 18.2 Å². The highest BCUT2D eigenvalue weighted by Gasteiger charge is 2.21. The molecule has 1 aromatic rings. The number of aryl methyl sites for hydroxylation is 2. The zero-order valence-corrected chi connectivity index (χ0v) is 12.4. The molecule has 6 nitrogen and oxygen atoms in total. The number of amides is 2. The number of anilines is 1. The monoisotopic (exact) mass is 291 g/mol. The minimum atomic E-state index is -0.383. The molecule has 2 rings (SSSR count). The van der Waals surface area contributed by atoms with E-state index >= 15 is 0 Å². The lowest BCUT2D eigenvalue weighted by Gasteiger charge is -2.22. The van der Waals surface area contributed by atoms with Gasteiger partial charge in [-0.3, -0.25) is 9.59 Å². The first-order valence-electron chi connectivity index (χ1n) is 7.03. The van der Waals surface area contributed by atoms with Crippen molar-refractivity contribution >= 4 is 17.5 Å². The Morgan fingerprint density at radius 2 is 2.05 bits per heavy atom. The van der Waals surface area contributed by atoms with Gasteiger partial charge in [0.2, 0.25) is 11.8 Å². The molecule has 1 fully saturated rings. The van der Waals surface area contributed by atoms with Crippen LogP contribution in [0.4, 0.5) is 5.69 Å². The lowest BCUT2D eigenvalue weighted by molar-refractivity contribution is -0.128. The predicted molar refractivity (Wildman–Crippen MR) is 80.2 cm³/mol. The third kappa shape index (κ3) is 4.27. The van der Waals surface area contributed by atoms with Crippen molar-refractivity contribution in [2.75, 3.05) is 31.6 Å².